The summed E-state index contributed by atoms with van der Waals surface area (Å²) in [6.45, 7) is 7.93. The molecule has 0 aliphatic heterocycles. The zero-order valence-corrected chi connectivity index (χ0v) is 7.90. The minimum absolute atomic E-state index is 0.105. The number of hydrogen-bond acceptors (Lipinski definition) is 2. The third-order valence-electron chi connectivity index (χ3n) is 0.905. The lowest BCUT2D eigenvalue weighted by molar-refractivity contribution is 0.597. The first-order chi connectivity index (χ1) is 4.48. The summed E-state index contributed by atoms with van der Waals surface area (Å²) in [5, 5.41) is 0. The van der Waals surface area contributed by atoms with E-state index in [2.05, 4.69) is 4.40 Å². The maximum Gasteiger partial charge on any atom is 0.293 e. The Morgan fingerprint density at radius 2 is 2.00 bits per heavy atom. The van der Waals surface area contributed by atoms with E-state index in [1.165, 1.54) is 0 Å². The molecule has 3 heteroatoms. The largest absolute Gasteiger partial charge is 0.293 e. The molecule has 0 aliphatic rings. The molecular weight excluding hydrogens is 146 g/mol. The minimum Gasteiger partial charge on any atom is -0.160 e. The van der Waals surface area contributed by atoms with Crippen molar-refractivity contribution in [3.8, 4) is 0 Å². The Hall–Kier alpha value is -0.0200. The highest BCUT2D eigenvalue weighted by atomic mass is 32.2. The maximum atomic E-state index is 9.35. The van der Waals surface area contributed by atoms with Crippen LogP contribution < -0.4 is 0 Å². The predicted octanol–water partition coefficient (Wildman–Crippen LogP) is 2.27. The summed E-state index contributed by atoms with van der Waals surface area (Å²) in [6.07, 6.45) is 2.65. The molecule has 1 atom stereocenters. The van der Waals surface area contributed by atoms with E-state index in [4.69, 9.17) is 0 Å². The average molecular weight is 162 g/mol. The van der Waals surface area contributed by atoms with Crippen molar-refractivity contribution in [2.24, 2.45) is 4.40 Å². The average Bonchev–Trinajstić information content (AvgIpc) is 1.80. The molecule has 1 unspecified atom stereocenters. The van der Waals surface area contributed by atoms with Gasteiger partial charge in [0, 0.05) is 0 Å². The summed E-state index contributed by atoms with van der Waals surface area (Å²) >= 11 is -0.818. The molecule has 0 rings (SSSR count). The van der Waals surface area contributed by atoms with Gasteiger partial charge in [0.1, 0.15) is 0 Å². The van der Waals surface area contributed by atoms with Gasteiger partial charge in [-0.15, -0.1) is 0 Å². The second-order valence-electron chi connectivity index (χ2n) is 3.07. The van der Waals surface area contributed by atoms with Gasteiger partial charge >= 0.3 is 0 Å². The Morgan fingerprint density at radius 1 is 1.50 bits per heavy atom. The van der Waals surface area contributed by atoms with Crippen LogP contribution >= 0.6 is 0 Å². The van der Waals surface area contributed by atoms with Gasteiger partial charge in [0.15, 0.2) is 4.75 Å². The van der Waals surface area contributed by atoms with Crippen LogP contribution in [-0.4, -0.2) is 15.5 Å². The van der Waals surface area contributed by atoms with Crippen molar-refractivity contribution in [3.05, 3.63) is 0 Å². The molecule has 0 aromatic carbocycles. The van der Waals surface area contributed by atoms with E-state index < -0.39 is 11.4 Å². The van der Waals surface area contributed by atoms with Crippen molar-refractivity contribution in [1.82, 2.24) is 0 Å². The molecule has 60 valence electrons. The van der Waals surface area contributed by atoms with E-state index in [1.54, 1.807) is 6.21 Å². The van der Waals surface area contributed by atoms with Crippen molar-refractivity contribution in [1.29, 1.82) is 0 Å². The lowest BCUT2D eigenvalue weighted by Crippen LogP contribution is -2.25. The molecule has 0 amide bonds. The number of rotatable bonds is 2. The van der Waals surface area contributed by atoms with Crippen LogP contribution in [-0.2, 0) is 11.4 Å². The quantitative estimate of drug-likeness (QED) is 0.490. The van der Waals surface area contributed by atoms with Crippen molar-refractivity contribution in [2.75, 3.05) is 0 Å². The van der Waals surface area contributed by atoms with E-state index in [0.717, 1.165) is 6.42 Å². The van der Waals surface area contributed by atoms with Crippen molar-refractivity contribution in [3.63, 3.8) is 0 Å². The van der Waals surface area contributed by atoms with Gasteiger partial charge in [0.2, 0.25) is 0 Å². The molecule has 0 aromatic rings. The SMILES string of the molecule is CCC=N[S+](O)C(C)(C)C. The van der Waals surface area contributed by atoms with Crippen LogP contribution in [0.25, 0.3) is 0 Å². The first-order valence-electron chi connectivity index (χ1n) is 3.44. The minimum atomic E-state index is -0.818. The molecule has 1 N–H and O–H groups in total. The monoisotopic (exact) mass is 162 g/mol. The van der Waals surface area contributed by atoms with Crippen molar-refractivity contribution >= 4 is 17.6 Å². The highest BCUT2D eigenvalue weighted by molar-refractivity contribution is 7.91. The Morgan fingerprint density at radius 3 is 2.30 bits per heavy atom. The predicted molar refractivity (Wildman–Crippen MR) is 48.5 cm³/mol. The fourth-order valence-corrected chi connectivity index (χ4v) is 0.910. The molecule has 0 spiro atoms. The van der Waals surface area contributed by atoms with Gasteiger partial charge in [0.25, 0.3) is 11.4 Å². The summed E-state index contributed by atoms with van der Waals surface area (Å²) in [6, 6.07) is 0. The molecule has 0 saturated heterocycles. The van der Waals surface area contributed by atoms with Crippen LogP contribution in [0.4, 0.5) is 0 Å². The van der Waals surface area contributed by atoms with Gasteiger partial charge in [-0.2, -0.15) is 4.55 Å². The zero-order chi connectivity index (χ0) is 8.20. The van der Waals surface area contributed by atoms with Gasteiger partial charge in [-0.05, 0) is 31.6 Å². The zero-order valence-electron chi connectivity index (χ0n) is 7.09. The second kappa shape index (κ2) is 3.98. The van der Waals surface area contributed by atoms with Gasteiger partial charge in [0.05, 0.1) is 6.21 Å². The summed E-state index contributed by atoms with van der Waals surface area (Å²) in [5.74, 6) is 0. The van der Waals surface area contributed by atoms with E-state index in [-0.39, 0.29) is 4.75 Å². The molecule has 0 aliphatic carbocycles. The van der Waals surface area contributed by atoms with Gasteiger partial charge in [-0.25, -0.2) is 0 Å². The second-order valence-corrected chi connectivity index (χ2v) is 5.04. The summed E-state index contributed by atoms with van der Waals surface area (Å²) in [4.78, 5) is 0. The molecule has 0 aromatic heterocycles. The standard InChI is InChI=1S/C7H16NOS/c1-5-6-8-10(9)7(2,3)4/h6,9H,5H2,1-4H3/q+1. The molecule has 0 saturated carbocycles. The Labute approximate surface area is 66.1 Å². The molecule has 2 nitrogen and oxygen atoms in total. The Kier molecular flexibility index (Phi) is 3.98. The van der Waals surface area contributed by atoms with Gasteiger partial charge in [-0.3, -0.25) is 0 Å². The topological polar surface area (TPSA) is 32.6 Å². The van der Waals surface area contributed by atoms with E-state index in [0.29, 0.717) is 0 Å². The molecule has 0 heterocycles. The summed E-state index contributed by atoms with van der Waals surface area (Å²) < 4.78 is 13.2. The highest BCUT2D eigenvalue weighted by Gasteiger charge is 2.33. The van der Waals surface area contributed by atoms with Crippen LogP contribution in [0.3, 0.4) is 0 Å². The highest BCUT2D eigenvalue weighted by Crippen LogP contribution is 2.16. The van der Waals surface area contributed by atoms with Gasteiger partial charge < -0.3 is 0 Å². The van der Waals surface area contributed by atoms with E-state index in [9.17, 15) is 4.55 Å². The first kappa shape index (κ1) is 9.98. The molecular formula is C7H16NOS+. The third-order valence-corrected chi connectivity index (χ3v) is 2.35. The lowest BCUT2D eigenvalue weighted by Gasteiger charge is -2.07. The van der Waals surface area contributed by atoms with E-state index in [1.807, 2.05) is 27.7 Å². The van der Waals surface area contributed by atoms with Crippen LogP contribution in [0.2, 0.25) is 0 Å². The fourth-order valence-electron chi connectivity index (χ4n) is 0.303. The summed E-state index contributed by atoms with van der Waals surface area (Å²) in [7, 11) is 0. The first-order valence-corrected chi connectivity index (χ1v) is 4.58. The molecule has 10 heavy (non-hydrogen) atoms. The summed E-state index contributed by atoms with van der Waals surface area (Å²) in [5.41, 5.74) is 0. The molecule has 0 radical (unpaired) electrons. The van der Waals surface area contributed by atoms with Crippen LogP contribution in [0, 0.1) is 0 Å². The van der Waals surface area contributed by atoms with Crippen LogP contribution in [0.5, 0.6) is 0 Å². The number of nitrogens with zero attached hydrogens (tertiary/aromatic N) is 1. The van der Waals surface area contributed by atoms with Crippen LogP contribution in [0.15, 0.2) is 4.40 Å². The molecule has 0 fully saturated rings. The Bertz CT molecular complexity index is 117. The maximum absolute atomic E-state index is 9.35. The van der Waals surface area contributed by atoms with Crippen molar-refractivity contribution in [2.45, 2.75) is 38.9 Å². The van der Waals surface area contributed by atoms with Crippen LogP contribution in [0.1, 0.15) is 34.1 Å². The molecule has 0 bridgehead atoms. The lowest BCUT2D eigenvalue weighted by atomic mass is 10.3. The number of hydrogen-bond donors (Lipinski definition) is 1. The Balaban J connectivity index is 3.84. The normalized spacial score (nSPS) is 16.1. The van der Waals surface area contributed by atoms with Gasteiger partial charge in [-0.1, -0.05) is 6.92 Å². The smallest absolute Gasteiger partial charge is 0.160 e. The van der Waals surface area contributed by atoms with E-state index >= 15 is 0 Å². The van der Waals surface area contributed by atoms with Crippen molar-refractivity contribution < 1.29 is 4.55 Å². The third kappa shape index (κ3) is 3.90. The fraction of sp³-hybridized carbons (Fsp3) is 0.857.